The summed E-state index contributed by atoms with van der Waals surface area (Å²) in [7, 11) is 0. The van der Waals surface area contributed by atoms with Crippen molar-refractivity contribution in [1.82, 2.24) is 0 Å². The van der Waals surface area contributed by atoms with Crippen LogP contribution in [0, 0.1) is 11.3 Å². The average Bonchev–Trinajstić information content (AvgIpc) is 2.50. The molecule has 1 saturated heterocycles. The van der Waals surface area contributed by atoms with Gasteiger partial charge in [0.2, 0.25) is 0 Å². The van der Waals surface area contributed by atoms with Crippen LogP contribution in [0.4, 0.5) is 0 Å². The molecule has 0 aromatic heterocycles. The fourth-order valence-corrected chi connectivity index (χ4v) is 1.99. The smallest absolute Gasteiger partial charge is 0.0918 e. The maximum atomic E-state index is 8.48. The maximum Gasteiger partial charge on any atom is 0.0918 e. The van der Waals surface area contributed by atoms with Crippen molar-refractivity contribution < 1.29 is 21.5 Å². The lowest BCUT2D eigenvalue weighted by Crippen LogP contribution is -3.00. The highest BCUT2D eigenvalue weighted by Gasteiger charge is 2.28. The zero-order valence-corrected chi connectivity index (χ0v) is 9.31. The number of hydrogen-bond acceptors (Lipinski definition) is 1. The minimum Gasteiger partial charge on any atom is -1.00 e. The summed E-state index contributed by atoms with van der Waals surface area (Å²) in [5, 5.41) is 8.48. The van der Waals surface area contributed by atoms with Crippen LogP contribution < -0.4 is 17.0 Å². The lowest BCUT2D eigenvalue weighted by atomic mass is 10.3. The fraction of sp³-hybridized carbons (Fsp3) is 0.889. The van der Waals surface area contributed by atoms with Crippen LogP contribution in [0.25, 0.3) is 0 Å². The van der Waals surface area contributed by atoms with E-state index in [2.05, 4.69) is 13.0 Å². The number of rotatable bonds is 3. The molecule has 12 heavy (non-hydrogen) atoms. The van der Waals surface area contributed by atoms with E-state index in [4.69, 9.17) is 5.26 Å². The molecule has 3 heteroatoms. The molecule has 0 N–H and O–H groups in total. The van der Waals surface area contributed by atoms with Crippen LogP contribution in [0.5, 0.6) is 0 Å². The first-order valence-corrected chi connectivity index (χ1v) is 4.55. The number of quaternary nitrogens is 1. The molecule has 0 aromatic carbocycles. The van der Waals surface area contributed by atoms with Crippen LogP contribution in [-0.4, -0.2) is 30.7 Å². The van der Waals surface area contributed by atoms with Gasteiger partial charge in [0.1, 0.15) is 0 Å². The van der Waals surface area contributed by atoms with Crippen LogP contribution in [0.15, 0.2) is 0 Å². The van der Waals surface area contributed by atoms with E-state index >= 15 is 0 Å². The van der Waals surface area contributed by atoms with E-state index in [-0.39, 0.29) is 17.0 Å². The summed E-state index contributed by atoms with van der Waals surface area (Å²) in [5.74, 6) is 0. The molecule has 0 bridgehead atoms. The maximum absolute atomic E-state index is 8.48. The fourth-order valence-electron chi connectivity index (χ4n) is 1.99. The molecule has 0 aromatic rings. The number of likely N-dealkylation sites (tertiary alicyclic amines) is 1. The third-order valence-electron chi connectivity index (χ3n) is 2.88. The molecule has 0 unspecified atom stereocenters. The van der Waals surface area contributed by atoms with Crippen molar-refractivity contribution >= 4 is 0 Å². The van der Waals surface area contributed by atoms with Gasteiger partial charge in [0.25, 0.3) is 0 Å². The van der Waals surface area contributed by atoms with Gasteiger partial charge in [-0.05, 0) is 6.92 Å². The summed E-state index contributed by atoms with van der Waals surface area (Å²) in [6.45, 7) is 7.13. The summed E-state index contributed by atoms with van der Waals surface area (Å²) in [4.78, 5) is 0. The Bertz CT molecular complexity index is 156. The second kappa shape index (κ2) is 5.55. The van der Waals surface area contributed by atoms with Gasteiger partial charge in [-0.2, -0.15) is 5.26 Å². The Balaban J connectivity index is 0.00000121. The summed E-state index contributed by atoms with van der Waals surface area (Å²) < 4.78 is 1.20. The molecule has 1 heterocycles. The second-order valence-electron chi connectivity index (χ2n) is 3.44. The van der Waals surface area contributed by atoms with Gasteiger partial charge in [-0.3, -0.25) is 0 Å². The molecule has 0 aliphatic carbocycles. The topological polar surface area (TPSA) is 23.8 Å². The zero-order valence-electron chi connectivity index (χ0n) is 7.72. The summed E-state index contributed by atoms with van der Waals surface area (Å²) in [6.07, 6.45) is 3.45. The zero-order chi connectivity index (χ0) is 8.16. The van der Waals surface area contributed by atoms with E-state index in [0.29, 0.717) is 0 Å². The van der Waals surface area contributed by atoms with Crippen LogP contribution in [-0.2, 0) is 0 Å². The Morgan fingerprint density at radius 1 is 1.33 bits per heavy atom. The van der Waals surface area contributed by atoms with E-state index in [9.17, 15) is 0 Å². The standard InChI is InChI=1S/C9H17N2.BrH/c1-2-11(9-5-6-10)7-3-4-8-11;/h2-5,7-9H2,1H3;1H/q+1;/p-1. The molecular formula is C9H17BrN2. The van der Waals surface area contributed by atoms with Crippen LogP contribution in [0.3, 0.4) is 0 Å². The quantitative estimate of drug-likeness (QED) is 0.546. The highest BCUT2D eigenvalue weighted by molar-refractivity contribution is 4.69. The van der Waals surface area contributed by atoms with Gasteiger partial charge in [-0.1, -0.05) is 0 Å². The molecule has 0 amide bonds. The van der Waals surface area contributed by atoms with Crippen molar-refractivity contribution in [2.24, 2.45) is 0 Å². The number of hydrogen-bond donors (Lipinski definition) is 0. The van der Waals surface area contributed by atoms with E-state index in [1.807, 2.05) is 0 Å². The molecule has 0 spiro atoms. The van der Waals surface area contributed by atoms with Crippen LogP contribution in [0.1, 0.15) is 26.2 Å². The van der Waals surface area contributed by atoms with E-state index in [0.717, 1.165) is 13.0 Å². The number of nitrogens with zero attached hydrogens (tertiary/aromatic N) is 2. The van der Waals surface area contributed by atoms with Gasteiger partial charge >= 0.3 is 0 Å². The van der Waals surface area contributed by atoms with Gasteiger partial charge in [-0.25, -0.2) is 0 Å². The van der Waals surface area contributed by atoms with Gasteiger partial charge in [-0.15, -0.1) is 0 Å². The van der Waals surface area contributed by atoms with E-state index in [1.54, 1.807) is 0 Å². The summed E-state index contributed by atoms with van der Waals surface area (Å²) in [5.41, 5.74) is 0. The van der Waals surface area contributed by atoms with Crippen molar-refractivity contribution in [2.75, 3.05) is 26.2 Å². The normalized spacial score (nSPS) is 19.7. The Kier molecular flexibility index (Phi) is 5.52. The molecule has 0 radical (unpaired) electrons. The third kappa shape index (κ3) is 2.76. The van der Waals surface area contributed by atoms with Crippen LogP contribution >= 0.6 is 0 Å². The summed E-state index contributed by atoms with van der Waals surface area (Å²) >= 11 is 0. The first kappa shape index (κ1) is 11.9. The van der Waals surface area contributed by atoms with Crippen molar-refractivity contribution in [3.05, 3.63) is 0 Å². The Morgan fingerprint density at radius 3 is 2.33 bits per heavy atom. The van der Waals surface area contributed by atoms with Gasteiger partial charge in [0, 0.05) is 12.8 Å². The average molecular weight is 233 g/mol. The molecule has 0 saturated carbocycles. The lowest BCUT2D eigenvalue weighted by molar-refractivity contribution is -0.914. The summed E-state index contributed by atoms with van der Waals surface area (Å²) in [6, 6.07) is 2.24. The van der Waals surface area contributed by atoms with Crippen molar-refractivity contribution in [3.63, 3.8) is 0 Å². The van der Waals surface area contributed by atoms with Crippen molar-refractivity contribution in [3.8, 4) is 6.07 Å². The predicted molar refractivity (Wildman–Crippen MR) is 44.9 cm³/mol. The molecule has 2 nitrogen and oxygen atoms in total. The van der Waals surface area contributed by atoms with Gasteiger partial charge in [0.15, 0.2) is 0 Å². The Labute approximate surface area is 85.5 Å². The predicted octanol–water partition coefficient (Wildman–Crippen LogP) is -1.47. The number of halogens is 1. The molecule has 0 atom stereocenters. The largest absolute Gasteiger partial charge is 1.00 e. The molecular weight excluding hydrogens is 216 g/mol. The van der Waals surface area contributed by atoms with E-state index in [1.165, 1.54) is 37.0 Å². The minimum atomic E-state index is 0. The second-order valence-corrected chi connectivity index (χ2v) is 3.44. The molecule has 1 fully saturated rings. The molecule has 1 aliphatic heterocycles. The van der Waals surface area contributed by atoms with Crippen molar-refractivity contribution in [2.45, 2.75) is 26.2 Å². The molecule has 70 valence electrons. The third-order valence-corrected chi connectivity index (χ3v) is 2.88. The van der Waals surface area contributed by atoms with Gasteiger partial charge < -0.3 is 21.5 Å². The monoisotopic (exact) mass is 232 g/mol. The highest BCUT2D eigenvalue weighted by Crippen LogP contribution is 2.18. The Morgan fingerprint density at radius 2 is 1.92 bits per heavy atom. The van der Waals surface area contributed by atoms with Crippen molar-refractivity contribution in [1.29, 1.82) is 5.26 Å². The van der Waals surface area contributed by atoms with Crippen LogP contribution in [0.2, 0.25) is 0 Å². The Hall–Kier alpha value is -0.0700. The number of nitriles is 1. The highest BCUT2D eigenvalue weighted by atomic mass is 79.9. The molecule has 1 rings (SSSR count). The minimum absolute atomic E-state index is 0. The van der Waals surface area contributed by atoms with E-state index < -0.39 is 0 Å². The first-order valence-electron chi connectivity index (χ1n) is 4.55. The lowest BCUT2D eigenvalue weighted by Gasteiger charge is -2.32. The SMILES string of the molecule is CC[N+]1(CCC#N)CCCC1.[Br-]. The van der Waals surface area contributed by atoms with Gasteiger partial charge in [0.05, 0.1) is 38.7 Å². The molecule has 1 aliphatic rings. The first-order chi connectivity index (χ1) is 5.33.